The molecule has 0 spiro atoms. The van der Waals surface area contributed by atoms with Gasteiger partial charge in [-0.25, -0.2) is 26.9 Å². The number of aryl methyl sites for hydroxylation is 2. The number of sulfonamides is 2. The van der Waals surface area contributed by atoms with E-state index in [1.807, 2.05) is 19.9 Å². The van der Waals surface area contributed by atoms with Crippen molar-refractivity contribution in [2.24, 2.45) is 5.14 Å². The first kappa shape index (κ1) is 26.7. The Bertz CT molecular complexity index is 1570. The van der Waals surface area contributed by atoms with E-state index in [0.717, 1.165) is 20.3 Å². The summed E-state index contributed by atoms with van der Waals surface area (Å²) in [5.74, 6) is -1.06. The minimum absolute atomic E-state index is 0.0905. The summed E-state index contributed by atoms with van der Waals surface area (Å²) < 4.78 is 57.9. The zero-order valence-electron chi connectivity index (χ0n) is 20.8. The van der Waals surface area contributed by atoms with Gasteiger partial charge in [0, 0.05) is 0 Å². The van der Waals surface area contributed by atoms with Crippen LogP contribution in [0.25, 0.3) is 0 Å². The summed E-state index contributed by atoms with van der Waals surface area (Å²) in [6, 6.07) is 8.68. The number of nitrogens with two attached hydrogens (primary N) is 1. The van der Waals surface area contributed by atoms with Crippen LogP contribution >= 0.6 is 0 Å². The molecule has 2 amide bonds. The molecule has 2 aromatic carbocycles. The van der Waals surface area contributed by atoms with E-state index in [-0.39, 0.29) is 22.0 Å². The first-order valence-corrected chi connectivity index (χ1v) is 14.3. The number of primary sulfonamides is 1. The number of carbonyl (C=O) groups excluding carboxylic acids is 2. The Hall–Kier alpha value is -3.32. The van der Waals surface area contributed by atoms with E-state index in [2.05, 4.69) is 0 Å². The van der Waals surface area contributed by atoms with Crippen molar-refractivity contribution in [1.29, 1.82) is 0 Å². The van der Waals surface area contributed by atoms with Gasteiger partial charge in [0.15, 0.2) is 0 Å². The molecule has 1 aliphatic rings. The van der Waals surface area contributed by atoms with Crippen molar-refractivity contribution >= 4 is 37.5 Å². The lowest BCUT2D eigenvalue weighted by molar-refractivity contribution is -0.122. The zero-order valence-corrected chi connectivity index (χ0v) is 22.4. The van der Waals surface area contributed by atoms with Crippen molar-refractivity contribution < 1.29 is 30.8 Å². The average Bonchev–Trinajstić information content (AvgIpc) is 3.43. The van der Waals surface area contributed by atoms with Crippen molar-refractivity contribution in [3.63, 3.8) is 0 Å². The Morgan fingerprint density at radius 2 is 1.57 bits per heavy atom. The van der Waals surface area contributed by atoms with Crippen LogP contribution in [0.5, 0.6) is 0 Å². The number of furan rings is 1. The van der Waals surface area contributed by atoms with Gasteiger partial charge in [-0.3, -0.25) is 9.59 Å². The Morgan fingerprint density at radius 3 is 2.08 bits per heavy atom. The monoisotopic (exact) mass is 545 g/mol. The van der Waals surface area contributed by atoms with E-state index >= 15 is 0 Å². The second-order valence-electron chi connectivity index (χ2n) is 9.05. The molecule has 1 aliphatic heterocycles. The summed E-state index contributed by atoms with van der Waals surface area (Å²) in [7, 11) is -8.25. The molecule has 1 atom stereocenters. The van der Waals surface area contributed by atoms with Gasteiger partial charge in [0.2, 0.25) is 26.0 Å². The molecule has 2 heterocycles. The highest BCUT2D eigenvalue weighted by Crippen LogP contribution is 2.34. The molecule has 10 nitrogen and oxygen atoms in total. The number of hydrogen-bond donors (Lipinski definition) is 1. The maximum absolute atomic E-state index is 14.2. The molecule has 0 radical (unpaired) electrons. The van der Waals surface area contributed by atoms with Crippen LogP contribution in [0.15, 0.2) is 62.9 Å². The van der Waals surface area contributed by atoms with Crippen LogP contribution in [-0.4, -0.2) is 39.0 Å². The highest BCUT2D eigenvalue weighted by molar-refractivity contribution is 7.89. The van der Waals surface area contributed by atoms with Gasteiger partial charge < -0.3 is 4.42 Å². The zero-order chi connectivity index (χ0) is 27.3. The van der Waals surface area contributed by atoms with Crippen LogP contribution in [0.1, 0.15) is 34.4 Å². The van der Waals surface area contributed by atoms with E-state index in [0.29, 0.717) is 16.9 Å². The van der Waals surface area contributed by atoms with E-state index < -0.39 is 44.3 Å². The lowest BCUT2D eigenvalue weighted by Crippen LogP contribution is -2.45. The number of carbonyl (C=O) groups is 2. The molecule has 1 aromatic heterocycles. The number of nitrogens with zero attached hydrogens (tertiary/aromatic N) is 2. The van der Waals surface area contributed by atoms with Gasteiger partial charge >= 0.3 is 0 Å². The smallest absolute Gasteiger partial charge is 0.252 e. The Balaban J connectivity index is 1.80. The molecule has 1 fully saturated rings. The van der Waals surface area contributed by atoms with E-state index in [4.69, 9.17) is 9.56 Å². The number of anilines is 1. The van der Waals surface area contributed by atoms with E-state index in [1.54, 1.807) is 26.0 Å². The first-order chi connectivity index (χ1) is 17.2. The summed E-state index contributed by atoms with van der Waals surface area (Å²) in [6.07, 6.45) is 1.01. The number of amides is 2. The molecule has 1 saturated heterocycles. The number of benzene rings is 2. The van der Waals surface area contributed by atoms with Gasteiger partial charge in [0.25, 0.3) is 5.91 Å². The van der Waals surface area contributed by atoms with Crippen LogP contribution in [0, 0.1) is 27.7 Å². The fourth-order valence-electron chi connectivity index (χ4n) is 4.50. The minimum atomic E-state index is -4.28. The largest absolute Gasteiger partial charge is 0.468 e. The molecule has 12 heteroatoms. The molecular weight excluding hydrogens is 518 g/mol. The standard InChI is InChI=1S/C25H27N3O7S2/c1-15-12-16(2)18(4)24(17(15)3)37(33,34)27(14-20-6-5-11-35-20)22-13-23(29)28(25(22)30)19-7-9-21(10-8-19)36(26,31)32/h5-12,22H,13-14H2,1-4H3,(H2,26,31,32). The average molecular weight is 546 g/mol. The molecule has 37 heavy (non-hydrogen) atoms. The molecule has 3 aromatic rings. The maximum Gasteiger partial charge on any atom is 0.252 e. The van der Waals surface area contributed by atoms with Crippen molar-refractivity contribution in [1.82, 2.24) is 4.31 Å². The molecule has 0 aliphatic carbocycles. The van der Waals surface area contributed by atoms with E-state index in [9.17, 15) is 26.4 Å². The number of hydrogen-bond acceptors (Lipinski definition) is 7. The predicted molar refractivity (Wildman–Crippen MR) is 136 cm³/mol. The van der Waals surface area contributed by atoms with Crippen molar-refractivity contribution in [2.75, 3.05) is 4.90 Å². The second kappa shape index (κ2) is 9.53. The van der Waals surface area contributed by atoms with Crippen LogP contribution < -0.4 is 10.0 Å². The van der Waals surface area contributed by atoms with Gasteiger partial charge in [-0.2, -0.15) is 4.31 Å². The highest BCUT2D eigenvalue weighted by Gasteiger charge is 2.48. The molecule has 2 N–H and O–H groups in total. The molecule has 0 bridgehead atoms. The predicted octanol–water partition coefficient (Wildman–Crippen LogP) is 2.68. The van der Waals surface area contributed by atoms with Crippen molar-refractivity contribution in [3.05, 3.63) is 76.7 Å². The Morgan fingerprint density at radius 1 is 0.973 bits per heavy atom. The third kappa shape index (κ3) is 4.85. The van der Waals surface area contributed by atoms with Crippen LogP contribution in [-0.2, 0) is 36.2 Å². The third-order valence-corrected chi connectivity index (χ3v) is 9.71. The summed E-state index contributed by atoms with van der Waals surface area (Å²) in [5.41, 5.74) is 2.79. The maximum atomic E-state index is 14.2. The molecule has 196 valence electrons. The third-order valence-electron chi connectivity index (χ3n) is 6.65. The lowest BCUT2D eigenvalue weighted by Gasteiger charge is -2.28. The first-order valence-electron chi connectivity index (χ1n) is 11.3. The van der Waals surface area contributed by atoms with Gasteiger partial charge in [-0.05, 0) is 86.3 Å². The topological polar surface area (TPSA) is 148 Å². The summed E-state index contributed by atoms with van der Waals surface area (Å²) in [5, 5.41) is 5.13. The van der Waals surface area contributed by atoms with Crippen LogP contribution in [0.4, 0.5) is 5.69 Å². The fraction of sp³-hybridized carbons (Fsp3) is 0.280. The number of rotatable bonds is 7. The normalized spacial score (nSPS) is 16.7. The molecule has 0 saturated carbocycles. The fourth-order valence-corrected chi connectivity index (χ4v) is 7.14. The molecule has 1 unspecified atom stereocenters. The highest BCUT2D eigenvalue weighted by atomic mass is 32.2. The summed E-state index contributed by atoms with van der Waals surface area (Å²) >= 11 is 0. The van der Waals surface area contributed by atoms with Crippen LogP contribution in [0.2, 0.25) is 0 Å². The summed E-state index contributed by atoms with van der Waals surface area (Å²) in [6.45, 7) is 6.79. The van der Waals surface area contributed by atoms with Crippen LogP contribution in [0.3, 0.4) is 0 Å². The Labute approximate surface area is 215 Å². The lowest BCUT2D eigenvalue weighted by atomic mass is 10.0. The molecule has 4 rings (SSSR count). The van der Waals surface area contributed by atoms with Gasteiger partial charge in [-0.15, -0.1) is 0 Å². The second-order valence-corrected chi connectivity index (χ2v) is 12.4. The van der Waals surface area contributed by atoms with Crippen molar-refractivity contribution in [3.8, 4) is 0 Å². The minimum Gasteiger partial charge on any atom is -0.468 e. The summed E-state index contributed by atoms with van der Waals surface area (Å²) in [4.78, 5) is 27.4. The van der Waals surface area contributed by atoms with Crippen molar-refractivity contribution in [2.45, 2.75) is 56.5 Å². The SMILES string of the molecule is Cc1cc(C)c(C)c(S(=O)(=O)N(Cc2ccco2)C2CC(=O)N(c3ccc(S(N)(=O)=O)cc3)C2=O)c1C. The number of imide groups is 1. The van der Waals surface area contributed by atoms with E-state index in [1.165, 1.54) is 30.5 Å². The van der Waals surface area contributed by atoms with Gasteiger partial charge in [0.05, 0.1) is 34.7 Å². The Kier molecular flexibility index (Phi) is 6.88. The molecular formula is C25H27N3O7S2. The quantitative estimate of drug-likeness (QED) is 0.449. The van der Waals surface area contributed by atoms with Gasteiger partial charge in [-0.1, -0.05) is 6.07 Å². The van der Waals surface area contributed by atoms with Gasteiger partial charge in [0.1, 0.15) is 11.8 Å².